The van der Waals surface area contributed by atoms with Crippen LogP contribution >= 0.6 is 15.9 Å². The fourth-order valence-electron chi connectivity index (χ4n) is 2.70. The lowest BCUT2D eigenvalue weighted by atomic mass is 10.1. The molecular weight excluding hydrogens is 385 g/mol. The van der Waals surface area contributed by atoms with E-state index in [2.05, 4.69) is 26.3 Å². The van der Waals surface area contributed by atoms with Crippen LogP contribution in [0.5, 0.6) is 0 Å². The molecule has 4 nitrogen and oxygen atoms in total. The molecule has 0 fully saturated rings. The Morgan fingerprint density at radius 1 is 1.20 bits per heavy atom. The Hall–Kier alpha value is -2.47. The predicted molar refractivity (Wildman–Crippen MR) is 99.5 cm³/mol. The van der Waals surface area contributed by atoms with Crippen molar-refractivity contribution in [3.05, 3.63) is 75.8 Å². The molecule has 2 aromatic carbocycles. The normalized spacial score (nSPS) is 10.7. The van der Waals surface area contributed by atoms with Crippen molar-refractivity contribution in [2.75, 3.05) is 5.32 Å². The average molecular weight is 402 g/mol. The number of hydrogen-bond donors (Lipinski definition) is 1. The molecule has 0 saturated heterocycles. The summed E-state index contributed by atoms with van der Waals surface area (Å²) in [6.07, 6.45) is 0.203. The smallest absolute Gasteiger partial charge is 0.228 e. The fourth-order valence-corrected chi connectivity index (χ4v) is 3.15. The molecule has 1 amide bonds. The molecule has 1 N–H and O–H groups in total. The molecule has 0 spiro atoms. The molecule has 0 saturated carbocycles. The Bertz CT molecular complexity index is 922. The number of hydrogen-bond acceptors (Lipinski definition) is 2. The minimum absolute atomic E-state index is 0.175. The summed E-state index contributed by atoms with van der Waals surface area (Å²) < 4.78 is 15.5. The zero-order valence-electron chi connectivity index (χ0n) is 13.9. The van der Waals surface area contributed by atoms with E-state index in [1.807, 2.05) is 48.9 Å². The summed E-state index contributed by atoms with van der Waals surface area (Å²) in [7, 11) is 0. The molecule has 6 heteroatoms. The third-order valence-corrected chi connectivity index (χ3v) is 4.64. The molecule has 0 radical (unpaired) electrons. The number of nitrogens with one attached hydrogen (secondary N) is 1. The summed E-state index contributed by atoms with van der Waals surface area (Å²) in [6.45, 7) is 3.84. The highest BCUT2D eigenvalue weighted by molar-refractivity contribution is 9.10. The first kappa shape index (κ1) is 17.4. The van der Waals surface area contributed by atoms with Gasteiger partial charge >= 0.3 is 0 Å². The van der Waals surface area contributed by atoms with Crippen LogP contribution in [-0.2, 0) is 11.2 Å². The van der Waals surface area contributed by atoms with Crippen molar-refractivity contribution in [3.63, 3.8) is 0 Å². The van der Waals surface area contributed by atoms with Crippen molar-refractivity contribution >= 4 is 27.5 Å². The minimum atomic E-state index is -0.360. The Labute approximate surface area is 153 Å². The van der Waals surface area contributed by atoms with Gasteiger partial charge in [0, 0.05) is 15.7 Å². The Morgan fingerprint density at radius 3 is 2.60 bits per heavy atom. The Balaban J connectivity index is 1.81. The number of para-hydroxylation sites is 1. The van der Waals surface area contributed by atoms with Gasteiger partial charge in [0.15, 0.2) is 0 Å². The summed E-state index contributed by atoms with van der Waals surface area (Å²) in [5.41, 5.74) is 4.12. The number of carbonyl (C=O) groups excluding carboxylic acids is 1. The summed E-state index contributed by atoms with van der Waals surface area (Å²) in [4.78, 5) is 12.4. The van der Waals surface area contributed by atoms with Gasteiger partial charge in [-0.1, -0.05) is 18.2 Å². The molecule has 0 unspecified atom stereocenters. The molecule has 1 aromatic heterocycles. The van der Waals surface area contributed by atoms with E-state index in [0.29, 0.717) is 10.2 Å². The maximum absolute atomic E-state index is 13.1. The van der Waals surface area contributed by atoms with Gasteiger partial charge in [-0.25, -0.2) is 9.07 Å². The van der Waals surface area contributed by atoms with Crippen LogP contribution in [0, 0.1) is 19.7 Å². The third kappa shape index (κ3) is 3.79. The van der Waals surface area contributed by atoms with E-state index in [-0.39, 0.29) is 18.1 Å². The summed E-state index contributed by atoms with van der Waals surface area (Å²) >= 11 is 3.25. The van der Waals surface area contributed by atoms with Gasteiger partial charge in [0.05, 0.1) is 23.5 Å². The summed E-state index contributed by atoms with van der Waals surface area (Å²) in [5.74, 6) is -0.535. The Kier molecular flexibility index (Phi) is 4.99. The zero-order valence-corrected chi connectivity index (χ0v) is 15.5. The standard InChI is InChI=1S/C19H17BrFN3O/c1-12-16(13(2)24(23-12)15-6-4-3-5-7-15)11-19(25)22-18-9-8-14(21)10-17(18)20/h3-10H,11H2,1-2H3,(H,22,25). The zero-order chi connectivity index (χ0) is 18.0. The maximum Gasteiger partial charge on any atom is 0.228 e. The second-order valence-corrected chi connectivity index (χ2v) is 6.60. The molecule has 1 heterocycles. The van der Waals surface area contributed by atoms with Crippen molar-refractivity contribution in [2.45, 2.75) is 20.3 Å². The highest BCUT2D eigenvalue weighted by Gasteiger charge is 2.16. The van der Waals surface area contributed by atoms with E-state index >= 15 is 0 Å². The van der Waals surface area contributed by atoms with E-state index in [4.69, 9.17) is 0 Å². The number of anilines is 1. The topological polar surface area (TPSA) is 46.9 Å². The van der Waals surface area contributed by atoms with Gasteiger partial charge in [-0.15, -0.1) is 0 Å². The lowest BCUT2D eigenvalue weighted by Gasteiger charge is -2.08. The lowest BCUT2D eigenvalue weighted by Crippen LogP contribution is -2.15. The molecule has 0 aliphatic heterocycles. The van der Waals surface area contributed by atoms with Crippen LogP contribution in [-0.4, -0.2) is 15.7 Å². The number of aryl methyl sites for hydroxylation is 1. The molecule has 25 heavy (non-hydrogen) atoms. The summed E-state index contributed by atoms with van der Waals surface area (Å²) in [5, 5.41) is 7.35. The number of amides is 1. The van der Waals surface area contributed by atoms with Crippen molar-refractivity contribution < 1.29 is 9.18 Å². The van der Waals surface area contributed by atoms with Crippen LogP contribution in [0.25, 0.3) is 5.69 Å². The van der Waals surface area contributed by atoms with Crippen LogP contribution in [0.4, 0.5) is 10.1 Å². The van der Waals surface area contributed by atoms with Crippen LogP contribution < -0.4 is 5.32 Å². The first-order valence-electron chi connectivity index (χ1n) is 7.81. The minimum Gasteiger partial charge on any atom is -0.325 e. The van der Waals surface area contributed by atoms with Gasteiger partial charge in [0.25, 0.3) is 0 Å². The number of carbonyl (C=O) groups is 1. The van der Waals surface area contributed by atoms with Gasteiger partial charge in [-0.2, -0.15) is 5.10 Å². The van der Waals surface area contributed by atoms with E-state index < -0.39 is 0 Å². The number of rotatable bonds is 4. The SMILES string of the molecule is Cc1nn(-c2ccccc2)c(C)c1CC(=O)Nc1ccc(F)cc1Br. The van der Waals surface area contributed by atoms with Crippen molar-refractivity contribution in [1.82, 2.24) is 9.78 Å². The second-order valence-electron chi connectivity index (χ2n) is 5.75. The highest BCUT2D eigenvalue weighted by Crippen LogP contribution is 2.24. The molecule has 0 aliphatic carbocycles. The molecule has 0 bridgehead atoms. The first-order valence-corrected chi connectivity index (χ1v) is 8.60. The summed E-state index contributed by atoms with van der Waals surface area (Å²) in [6, 6.07) is 13.9. The molecule has 0 aliphatic rings. The van der Waals surface area contributed by atoms with Crippen LogP contribution in [0.1, 0.15) is 17.0 Å². The number of nitrogens with zero attached hydrogens (tertiary/aromatic N) is 2. The Morgan fingerprint density at radius 2 is 1.92 bits per heavy atom. The molecular formula is C19H17BrFN3O. The van der Waals surface area contributed by atoms with Crippen molar-refractivity contribution in [2.24, 2.45) is 0 Å². The van der Waals surface area contributed by atoms with Gasteiger partial charge in [0.1, 0.15) is 5.82 Å². The van der Waals surface area contributed by atoms with Crippen molar-refractivity contribution in [3.8, 4) is 5.69 Å². The molecule has 3 rings (SSSR count). The maximum atomic E-state index is 13.1. The molecule has 3 aromatic rings. The first-order chi connectivity index (χ1) is 12.0. The van der Waals surface area contributed by atoms with E-state index in [1.54, 1.807) is 0 Å². The number of aromatic nitrogens is 2. The van der Waals surface area contributed by atoms with E-state index in [1.165, 1.54) is 18.2 Å². The van der Waals surface area contributed by atoms with Gasteiger partial charge < -0.3 is 5.32 Å². The second kappa shape index (κ2) is 7.19. The highest BCUT2D eigenvalue weighted by atomic mass is 79.9. The van der Waals surface area contributed by atoms with E-state index in [0.717, 1.165) is 22.6 Å². The van der Waals surface area contributed by atoms with E-state index in [9.17, 15) is 9.18 Å². The monoisotopic (exact) mass is 401 g/mol. The van der Waals surface area contributed by atoms with Crippen LogP contribution in [0.3, 0.4) is 0 Å². The van der Waals surface area contributed by atoms with Gasteiger partial charge in [-0.3, -0.25) is 4.79 Å². The van der Waals surface area contributed by atoms with Gasteiger partial charge in [-0.05, 0) is 60.1 Å². The van der Waals surface area contributed by atoms with Crippen molar-refractivity contribution in [1.29, 1.82) is 0 Å². The van der Waals surface area contributed by atoms with Gasteiger partial charge in [0.2, 0.25) is 5.91 Å². The number of benzene rings is 2. The number of halogens is 2. The van der Waals surface area contributed by atoms with Crippen LogP contribution in [0.2, 0.25) is 0 Å². The largest absolute Gasteiger partial charge is 0.325 e. The molecule has 128 valence electrons. The average Bonchev–Trinajstić information content (AvgIpc) is 2.86. The van der Waals surface area contributed by atoms with Crippen LogP contribution in [0.15, 0.2) is 53.0 Å². The third-order valence-electron chi connectivity index (χ3n) is 3.98. The lowest BCUT2D eigenvalue weighted by molar-refractivity contribution is -0.115. The fraction of sp³-hybridized carbons (Fsp3) is 0.158. The quantitative estimate of drug-likeness (QED) is 0.695. The predicted octanol–water partition coefficient (Wildman–Crippen LogP) is 4.57. The molecule has 0 atom stereocenters.